The highest BCUT2D eigenvalue weighted by atomic mass is 32.1. The summed E-state index contributed by atoms with van der Waals surface area (Å²) in [6.07, 6.45) is 0. The third kappa shape index (κ3) is 2.28. The maximum atomic E-state index is 5.60. The van der Waals surface area contributed by atoms with Crippen molar-refractivity contribution >= 4 is 11.3 Å². The van der Waals surface area contributed by atoms with E-state index in [0.29, 0.717) is 0 Å². The molecule has 2 aromatic rings. The maximum absolute atomic E-state index is 5.60. The molecule has 1 aromatic carbocycles. The van der Waals surface area contributed by atoms with Crippen LogP contribution in [0.4, 0.5) is 0 Å². The zero-order chi connectivity index (χ0) is 13.1. The predicted molar refractivity (Wildman–Crippen MR) is 77.7 cm³/mol. The van der Waals surface area contributed by atoms with E-state index in [-0.39, 0.29) is 6.04 Å². The summed E-state index contributed by atoms with van der Waals surface area (Å²) in [6, 6.07) is 6.65. The second-order valence-corrected chi connectivity index (χ2v) is 5.19. The fourth-order valence-electron chi connectivity index (χ4n) is 2.25. The van der Waals surface area contributed by atoms with Crippen LogP contribution in [0.5, 0.6) is 5.75 Å². The summed E-state index contributed by atoms with van der Waals surface area (Å²) in [4.78, 5) is 0. The topological polar surface area (TPSA) is 21.3 Å². The molecule has 0 saturated heterocycles. The van der Waals surface area contributed by atoms with Crippen LogP contribution in [0.3, 0.4) is 0 Å². The number of benzene rings is 1. The van der Waals surface area contributed by atoms with Crippen LogP contribution >= 0.6 is 11.3 Å². The van der Waals surface area contributed by atoms with Crippen molar-refractivity contribution in [2.45, 2.75) is 19.9 Å². The van der Waals surface area contributed by atoms with E-state index in [1.165, 1.54) is 22.3 Å². The van der Waals surface area contributed by atoms with Crippen molar-refractivity contribution in [1.29, 1.82) is 0 Å². The highest BCUT2D eigenvalue weighted by molar-refractivity contribution is 7.08. The van der Waals surface area contributed by atoms with Crippen molar-refractivity contribution in [3.8, 4) is 5.75 Å². The lowest BCUT2D eigenvalue weighted by Gasteiger charge is -2.21. The molecule has 1 N–H and O–H groups in total. The Morgan fingerprint density at radius 1 is 1.22 bits per heavy atom. The number of nitrogens with one attached hydrogen (secondary N) is 1. The third-order valence-corrected chi connectivity index (χ3v) is 4.09. The summed E-state index contributed by atoms with van der Waals surface area (Å²) in [6.45, 7) is 4.22. The Morgan fingerprint density at radius 2 is 2.00 bits per heavy atom. The van der Waals surface area contributed by atoms with Gasteiger partial charge in [-0.05, 0) is 54.4 Å². The van der Waals surface area contributed by atoms with E-state index < -0.39 is 0 Å². The second kappa shape index (κ2) is 5.55. The molecule has 1 aromatic heterocycles. The van der Waals surface area contributed by atoms with Gasteiger partial charge in [-0.25, -0.2) is 0 Å². The zero-order valence-corrected chi connectivity index (χ0v) is 12.1. The van der Waals surface area contributed by atoms with E-state index >= 15 is 0 Å². The molecule has 0 aliphatic heterocycles. The molecule has 2 nitrogen and oxygen atoms in total. The number of methoxy groups -OCH3 is 1. The molecule has 0 saturated carbocycles. The van der Waals surface area contributed by atoms with Crippen LogP contribution in [0.25, 0.3) is 0 Å². The Kier molecular flexibility index (Phi) is 4.04. The summed E-state index contributed by atoms with van der Waals surface area (Å²) >= 11 is 1.72. The first-order valence-corrected chi connectivity index (χ1v) is 6.96. The highest BCUT2D eigenvalue weighted by Crippen LogP contribution is 2.34. The zero-order valence-electron chi connectivity index (χ0n) is 11.3. The van der Waals surface area contributed by atoms with Gasteiger partial charge in [0.25, 0.3) is 0 Å². The van der Waals surface area contributed by atoms with Gasteiger partial charge in [0.1, 0.15) is 5.75 Å². The molecule has 1 atom stereocenters. The molecule has 0 aliphatic rings. The summed E-state index contributed by atoms with van der Waals surface area (Å²) in [7, 11) is 3.72. The fraction of sp³-hybridized carbons (Fsp3) is 0.333. The lowest BCUT2D eigenvalue weighted by atomic mass is 9.96. The Labute approximate surface area is 113 Å². The maximum Gasteiger partial charge on any atom is 0.127 e. The van der Waals surface area contributed by atoms with Crippen molar-refractivity contribution in [3.05, 3.63) is 51.2 Å². The van der Waals surface area contributed by atoms with Crippen molar-refractivity contribution in [1.82, 2.24) is 5.32 Å². The van der Waals surface area contributed by atoms with Crippen LogP contribution in [0.2, 0.25) is 0 Å². The van der Waals surface area contributed by atoms with Gasteiger partial charge in [0.05, 0.1) is 13.2 Å². The molecular weight excluding hydrogens is 242 g/mol. The van der Waals surface area contributed by atoms with Crippen LogP contribution in [0.1, 0.15) is 28.3 Å². The third-order valence-electron chi connectivity index (χ3n) is 3.39. The van der Waals surface area contributed by atoms with Crippen molar-refractivity contribution in [2.24, 2.45) is 0 Å². The van der Waals surface area contributed by atoms with Crippen molar-refractivity contribution in [3.63, 3.8) is 0 Å². The minimum Gasteiger partial charge on any atom is -0.496 e. The largest absolute Gasteiger partial charge is 0.496 e. The van der Waals surface area contributed by atoms with Gasteiger partial charge < -0.3 is 10.1 Å². The number of ether oxygens (including phenoxy) is 1. The molecule has 0 spiro atoms. The van der Waals surface area contributed by atoms with E-state index in [1.807, 2.05) is 7.05 Å². The van der Waals surface area contributed by atoms with Crippen LogP contribution < -0.4 is 10.1 Å². The number of rotatable bonds is 4. The van der Waals surface area contributed by atoms with E-state index in [2.05, 4.69) is 48.1 Å². The summed E-state index contributed by atoms with van der Waals surface area (Å²) in [5.74, 6) is 0.987. The van der Waals surface area contributed by atoms with Gasteiger partial charge in [0.15, 0.2) is 0 Å². The molecule has 1 heterocycles. The number of thiophene rings is 1. The summed E-state index contributed by atoms with van der Waals surface area (Å²) in [5.41, 5.74) is 4.95. The molecule has 0 fully saturated rings. The van der Waals surface area contributed by atoms with Gasteiger partial charge in [-0.3, -0.25) is 0 Å². The molecule has 0 aliphatic carbocycles. The minimum atomic E-state index is 0.186. The second-order valence-electron chi connectivity index (χ2n) is 4.41. The van der Waals surface area contributed by atoms with Gasteiger partial charge in [-0.15, -0.1) is 0 Å². The lowest BCUT2D eigenvalue weighted by molar-refractivity contribution is 0.402. The van der Waals surface area contributed by atoms with Gasteiger partial charge in [0, 0.05) is 5.56 Å². The van der Waals surface area contributed by atoms with Crippen LogP contribution in [-0.4, -0.2) is 14.2 Å². The van der Waals surface area contributed by atoms with Crippen molar-refractivity contribution < 1.29 is 4.74 Å². The molecule has 3 heteroatoms. The normalized spacial score (nSPS) is 12.4. The SMILES string of the molecule is CNC(c1ccsc1)c1ccc(C)c(C)c1OC. The minimum absolute atomic E-state index is 0.186. The smallest absolute Gasteiger partial charge is 0.127 e. The quantitative estimate of drug-likeness (QED) is 0.906. The Bertz CT molecular complexity index is 520. The first kappa shape index (κ1) is 13.1. The van der Waals surface area contributed by atoms with Gasteiger partial charge in [-0.2, -0.15) is 11.3 Å². The molecule has 96 valence electrons. The van der Waals surface area contributed by atoms with Gasteiger partial charge >= 0.3 is 0 Å². The Balaban J connectivity index is 2.52. The average Bonchev–Trinajstić information content (AvgIpc) is 2.89. The monoisotopic (exact) mass is 261 g/mol. The predicted octanol–water partition coefficient (Wildman–Crippen LogP) is 3.68. The van der Waals surface area contributed by atoms with E-state index in [4.69, 9.17) is 4.74 Å². The molecule has 0 amide bonds. The fourth-order valence-corrected chi connectivity index (χ4v) is 2.94. The van der Waals surface area contributed by atoms with E-state index in [1.54, 1.807) is 18.4 Å². The lowest BCUT2D eigenvalue weighted by Crippen LogP contribution is -2.18. The Hall–Kier alpha value is -1.32. The van der Waals surface area contributed by atoms with Crippen molar-refractivity contribution in [2.75, 3.05) is 14.2 Å². The number of hydrogen-bond acceptors (Lipinski definition) is 3. The summed E-state index contributed by atoms with van der Waals surface area (Å²) in [5, 5.41) is 7.65. The summed E-state index contributed by atoms with van der Waals surface area (Å²) < 4.78 is 5.60. The van der Waals surface area contributed by atoms with Crippen LogP contribution in [0.15, 0.2) is 29.0 Å². The van der Waals surface area contributed by atoms with Crippen LogP contribution in [-0.2, 0) is 0 Å². The Morgan fingerprint density at radius 3 is 2.56 bits per heavy atom. The molecule has 2 rings (SSSR count). The van der Waals surface area contributed by atoms with Gasteiger partial charge in [-0.1, -0.05) is 12.1 Å². The standard InChI is InChI=1S/C15H19NOS/c1-10-5-6-13(15(17-4)11(10)2)14(16-3)12-7-8-18-9-12/h5-9,14,16H,1-4H3. The number of aryl methyl sites for hydroxylation is 1. The van der Waals surface area contributed by atoms with Gasteiger partial charge in [0.2, 0.25) is 0 Å². The van der Waals surface area contributed by atoms with E-state index in [9.17, 15) is 0 Å². The molecule has 18 heavy (non-hydrogen) atoms. The molecule has 0 radical (unpaired) electrons. The molecular formula is C15H19NOS. The average molecular weight is 261 g/mol. The first-order valence-electron chi connectivity index (χ1n) is 6.02. The van der Waals surface area contributed by atoms with E-state index in [0.717, 1.165) is 5.75 Å². The van der Waals surface area contributed by atoms with Crippen LogP contribution in [0, 0.1) is 13.8 Å². The first-order chi connectivity index (χ1) is 8.69. The molecule has 1 unspecified atom stereocenters. The highest BCUT2D eigenvalue weighted by Gasteiger charge is 2.18. The number of hydrogen-bond donors (Lipinski definition) is 1. The molecule has 0 bridgehead atoms.